The number of halogens is 1. The highest BCUT2D eigenvalue weighted by Gasteiger charge is 2.18. The van der Waals surface area contributed by atoms with E-state index in [2.05, 4.69) is 10.5 Å². The van der Waals surface area contributed by atoms with E-state index in [-0.39, 0.29) is 12.3 Å². The fourth-order valence-electron chi connectivity index (χ4n) is 2.65. The van der Waals surface area contributed by atoms with Crippen molar-refractivity contribution < 1.29 is 14.1 Å². The van der Waals surface area contributed by atoms with E-state index in [4.69, 9.17) is 20.9 Å². The standard InChI is InChI=1S/C16H17ClN2O3/c1-9-14(10(2)22-19-9)7-15(20)18-8-12-6-13(17)5-11-3-4-21-16(11)12/h5-6H,3-4,7-8H2,1-2H3,(H,18,20). The molecule has 0 fully saturated rings. The minimum atomic E-state index is -0.0823. The Hall–Kier alpha value is -2.01. The quantitative estimate of drug-likeness (QED) is 0.940. The van der Waals surface area contributed by atoms with Crippen molar-refractivity contribution in [3.63, 3.8) is 0 Å². The van der Waals surface area contributed by atoms with Gasteiger partial charge in [-0.3, -0.25) is 4.79 Å². The van der Waals surface area contributed by atoms with E-state index in [1.165, 1.54) is 0 Å². The van der Waals surface area contributed by atoms with Crippen molar-refractivity contribution in [3.8, 4) is 5.75 Å². The molecule has 3 rings (SSSR count). The van der Waals surface area contributed by atoms with Gasteiger partial charge in [-0.15, -0.1) is 0 Å². The number of rotatable bonds is 4. The first-order chi connectivity index (χ1) is 10.5. The van der Waals surface area contributed by atoms with E-state index in [0.717, 1.165) is 34.6 Å². The summed E-state index contributed by atoms with van der Waals surface area (Å²) in [5.74, 6) is 1.45. The first kappa shape index (κ1) is 14.9. The molecule has 116 valence electrons. The molecule has 0 aliphatic carbocycles. The lowest BCUT2D eigenvalue weighted by Gasteiger charge is -2.10. The van der Waals surface area contributed by atoms with E-state index >= 15 is 0 Å². The molecule has 0 radical (unpaired) electrons. The van der Waals surface area contributed by atoms with Gasteiger partial charge >= 0.3 is 0 Å². The van der Waals surface area contributed by atoms with Gasteiger partial charge in [0.15, 0.2) is 0 Å². The summed E-state index contributed by atoms with van der Waals surface area (Å²) in [6, 6.07) is 3.75. The predicted molar refractivity (Wildman–Crippen MR) is 82.2 cm³/mol. The summed E-state index contributed by atoms with van der Waals surface area (Å²) in [5, 5.41) is 7.42. The van der Waals surface area contributed by atoms with Crippen LogP contribution in [0.15, 0.2) is 16.7 Å². The summed E-state index contributed by atoms with van der Waals surface area (Å²) in [4.78, 5) is 12.1. The molecule has 5 nitrogen and oxygen atoms in total. The second kappa shape index (κ2) is 6.01. The summed E-state index contributed by atoms with van der Waals surface area (Å²) >= 11 is 6.11. The fraction of sp³-hybridized carbons (Fsp3) is 0.375. The van der Waals surface area contributed by atoms with Crippen molar-refractivity contribution in [3.05, 3.63) is 45.3 Å². The van der Waals surface area contributed by atoms with Crippen LogP contribution in [0.4, 0.5) is 0 Å². The first-order valence-corrected chi connectivity index (χ1v) is 7.55. The molecule has 0 saturated heterocycles. The summed E-state index contributed by atoms with van der Waals surface area (Å²) in [6.07, 6.45) is 1.11. The number of aromatic nitrogens is 1. The number of hydrogen-bond donors (Lipinski definition) is 1. The highest BCUT2D eigenvalue weighted by Crippen LogP contribution is 2.32. The van der Waals surface area contributed by atoms with Gasteiger partial charge in [0.05, 0.1) is 18.7 Å². The van der Waals surface area contributed by atoms with Gasteiger partial charge in [0.1, 0.15) is 11.5 Å². The van der Waals surface area contributed by atoms with Crippen molar-refractivity contribution in [2.75, 3.05) is 6.61 Å². The molecule has 1 amide bonds. The van der Waals surface area contributed by atoms with Gasteiger partial charge in [0, 0.05) is 29.1 Å². The SMILES string of the molecule is Cc1noc(C)c1CC(=O)NCc1cc(Cl)cc2c1OCC2. The van der Waals surface area contributed by atoms with Crippen molar-refractivity contribution in [2.24, 2.45) is 0 Å². The number of carbonyl (C=O) groups excluding carboxylic acids is 1. The second-order valence-electron chi connectivity index (χ2n) is 5.41. The molecule has 1 aliphatic heterocycles. The number of ether oxygens (including phenoxy) is 1. The largest absolute Gasteiger partial charge is 0.493 e. The normalized spacial score (nSPS) is 12.9. The number of amides is 1. The topological polar surface area (TPSA) is 64.4 Å². The number of carbonyl (C=O) groups is 1. The van der Waals surface area contributed by atoms with Crippen LogP contribution in [-0.4, -0.2) is 17.7 Å². The maximum absolute atomic E-state index is 12.1. The molecule has 0 bridgehead atoms. The van der Waals surface area contributed by atoms with E-state index < -0.39 is 0 Å². The zero-order chi connectivity index (χ0) is 15.7. The molecule has 2 aromatic rings. The van der Waals surface area contributed by atoms with Crippen LogP contribution in [0.5, 0.6) is 5.75 Å². The molecule has 0 atom stereocenters. The smallest absolute Gasteiger partial charge is 0.224 e. The molecule has 1 aromatic carbocycles. The zero-order valence-corrected chi connectivity index (χ0v) is 13.3. The molecular formula is C16H17ClN2O3. The molecule has 0 unspecified atom stereocenters. The summed E-state index contributed by atoms with van der Waals surface area (Å²) in [7, 11) is 0. The van der Waals surface area contributed by atoms with E-state index in [0.29, 0.717) is 23.9 Å². The summed E-state index contributed by atoms with van der Waals surface area (Å²) in [6.45, 7) is 4.69. The highest BCUT2D eigenvalue weighted by atomic mass is 35.5. The zero-order valence-electron chi connectivity index (χ0n) is 12.5. The first-order valence-electron chi connectivity index (χ1n) is 7.17. The van der Waals surface area contributed by atoms with Gasteiger partial charge < -0.3 is 14.6 Å². The summed E-state index contributed by atoms with van der Waals surface area (Å²) in [5.41, 5.74) is 3.60. The van der Waals surface area contributed by atoms with Gasteiger partial charge in [-0.25, -0.2) is 0 Å². The second-order valence-corrected chi connectivity index (χ2v) is 5.84. The van der Waals surface area contributed by atoms with E-state index in [1.54, 1.807) is 6.92 Å². The Kier molecular flexibility index (Phi) is 4.07. The molecule has 0 spiro atoms. The van der Waals surface area contributed by atoms with Crippen LogP contribution in [0.25, 0.3) is 0 Å². The Morgan fingerprint density at radius 3 is 2.95 bits per heavy atom. The molecule has 1 N–H and O–H groups in total. The van der Waals surface area contributed by atoms with Crippen molar-refractivity contribution in [2.45, 2.75) is 33.2 Å². The molecule has 1 aliphatic rings. The third kappa shape index (κ3) is 2.95. The Morgan fingerprint density at radius 1 is 1.41 bits per heavy atom. The molecular weight excluding hydrogens is 304 g/mol. The van der Waals surface area contributed by atoms with Crippen LogP contribution in [0.3, 0.4) is 0 Å². The molecule has 0 saturated carbocycles. The van der Waals surface area contributed by atoms with E-state index in [1.807, 2.05) is 19.1 Å². The lowest BCUT2D eigenvalue weighted by molar-refractivity contribution is -0.120. The third-order valence-electron chi connectivity index (χ3n) is 3.82. The predicted octanol–water partition coefficient (Wildman–Crippen LogP) is 2.74. The van der Waals surface area contributed by atoms with Crippen LogP contribution in [-0.2, 0) is 24.2 Å². The van der Waals surface area contributed by atoms with Crippen LogP contribution < -0.4 is 10.1 Å². The maximum atomic E-state index is 12.1. The molecule has 2 heterocycles. The van der Waals surface area contributed by atoms with Crippen molar-refractivity contribution in [1.29, 1.82) is 0 Å². The third-order valence-corrected chi connectivity index (χ3v) is 4.04. The Balaban J connectivity index is 1.67. The molecule has 22 heavy (non-hydrogen) atoms. The van der Waals surface area contributed by atoms with Gasteiger partial charge in [0.2, 0.25) is 5.91 Å². The number of hydrogen-bond acceptors (Lipinski definition) is 4. The van der Waals surface area contributed by atoms with Crippen molar-refractivity contribution in [1.82, 2.24) is 10.5 Å². The van der Waals surface area contributed by atoms with Gasteiger partial charge in [-0.05, 0) is 31.5 Å². The minimum absolute atomic E-state index is 0.0823. The number of aryl methyl sites for hydroxylation is 2. The van der Waals surface area contributed by atoms with Crippen LogP contribution in [0, 0.1) is 13.8 Å². The van der Waals surface area contributed by atoms with Crippen LogP contribution in [0.2, 0.25) is 5.02 Å². The van der Waals surface area contributed by atoms with Gasteiger partial charge in [0.25, 0.3) is 0 Å². The van der Waals surface area contributed by atoms with Crippen LogP contribution >= 0.6 is 11.6 Å². The average molecular weight is 321 g/mol. The number of nitrogens with one attached hydrogen (secondary N) is 1. The molecule has 1 aromatic heterocycles. The Labute approximate surface area is 133 Å². The van der Waals surface area contributed by atoms with Gasteiger partial charge in [-0.1, -0.05) is 16.8 Å². The van der Waals surface area contributed by atoms with Crippen molar-refractivity contribution >= 4 is 17.5 Å². The minimum Gasteiger partial charge on any atom is -0.493 e. The monoisotopic (exact) mass is 320 g/mol. The van der Waals surface area contributed by atoms with E-state index in [9.17, 15) is 4.79 Å². The summed E-state index contributed by atoms with van der Waals surface area (Å²) < 4.78 is 10.7. The fourth-order valence-corrected chi connectivity index (χ4v) is 2.91. The number of benzene rings is 1. The number of nitrogens with zero attached hydrogens (tertiary/aromatic N) is 1. The molecule has 6 heteroatoms. The Morgan fingerprint density at radius 2 is 2.23 bits per heavy atom. The lowest BCUT2D eigenvalue weighted by atomic mass is 10.1. The highest BCUT2D eigenvalue weighted by molar-refractivity contribution is 6.30. The Bertz CT molecular complexity index is 705. The van der Waals surface area contributed by atoms with Gasteiger partial charge in [-0.2, -0.15) is 0 Å². The van der Waals surface area contributed by atoms with Crippen LogP contribution in [0.1, 0.15) is 28.1 Å². The maximum Gasteiger partial charge on any atom is 0.224 e. The lowest BCUT2D eigenvalue weighted by Crippen LogP contribution is -2.25. The average Bonchev–Trinajstić information content (AvgIpc) is 3.06. The number of fused-ring (bicyclic) bond motifs is 1.